The summed E-state index contributed by atoms with van der Waals surface area (Å²) in [5, 5.41) is 4.72. The molecule has 1 aromatic heterocycles. The number of nitrogens with one attached hydrogen (secondary N) is 1. The van der Waals surface area contributed by atoms with Gasteiger partial charge in [-0.3, -0.25) is 9.59 Å². The number of ketones is 1. The smallest absolute Gasteiger partial charge is 0.261 e. The van der Waals surface area contributed by atoms with Crippen molar-refractivity contribution < 1.29 is 18.7 Å². The molecule has 1 unspecified atom stereocenters. The first-order chi connectivity index (χ1) is 15.6. The topological polar surface area (TPSA) is 58.6 Å². The first-order valence-electron chi connectivity index (χ1n) is 10.6. The van der Waals surface area contributed by atoms with Crippen molar-refractivity contribution in [2.75, 3.05) is 31.2 Å². The van der Waals surface area contributed by atoms with Crippen molar-refractivity contribution >= 4 is 28.7 Å². The number of ether oxygens (including phenoxy) is 1. The SMILES string of the molecule is O=C(NC(Cc1ccccc1)C(=O)Cc1cc(F)ccc1N1CCOCC1)c1cccs1. The van der Waals surface area contributed by atoms with Crippen LogP contribution in [0.3, 0.4) is 0 Å². The van der Waals surface area contributed by atoms with Crippen LogP contribution in [0.1, 0.15) is 20.8 Å². The number of morpholine rings is 1. The molecule has 0 saturated carbocycles. The number of hydrogen-bond acceptors (Lipinski definition) is 5. The van der Waals surface area contributed by atoms with Gasteiger partial charge in [-0.05, 0) is 47.2 Å². The summed E-state index contributed by atoms with van der Waals surface area (Å²) in [6, 6.07) is 16.9. The molecule has 1 saturated heterocycles. The van der Waals surface area contributed by atoms with Crippen LogP contribution in [0.4, 0.5) is 10.1 Å². The average molecular weight is 453 g/mol. The summed E-state index contributed by atoms with van der Waals surface area (Å²) >= 11 is 1.33. The lowest BCUT2D eigenvalue weighted by Crippen LogP contribution is -2.43. The molecule has 2 aromatic carbocycles. The number of hydrogen-bond donors (Lipinski definition) is 1. The van der Waals surface area contributed by atoms with Gasteiger partial charge in [0, 0.05) is 25.2 Å². The first kappa shape index (κ1) is 22.2. The van der Waals surface area contributed by atoms with Gasteiger partial charge in [0.2, 0.25) is 0 Å². The van der Waals surface area contributed by atoms with E-state index < -0.39 is 6.04 Å². The van der Waals surface area contributed by atoms with Crippen LogP contribution in [0, 0.1) is 5.82 Å². The van der Waals surface area contributed by atoms with Gasteiger partial charge in [0.1, 0.15) is 5.82 Å². The number of Topliss-reactive ketones (excluding diaryl/α,β-unsaturated/α-hetero) is 1. The van der Waals surface area contributed by atoms with Gasteiger partial charge in [-0.2, -0.15) is 0 Å². The normalized spacial score (nSPS) is 14.7. The molecule has 0 bridgehead atoms. The maximum Gasteiger partial charge on any atom is 0.261 e. The third kappa shape index (κ3) is 5.60. The second-order valence-electron chi connectivity index (χ2n) is 7.71. The van der Waals surface area contributed by atoms with E-state index >= 15 is 0 Å². The minimum absolute atomic E-state index is 0.0344. The fraction of sp³-hybridized carbons (Fsp3) is 0.280. The van der Waals surface area contributed by atoms with E-state index in [0.29, 0.717) is 43.2 Å². The Kier molecular flexibility index (Phi) is 7.29. The van der Waals surface area contributed by atoms with Crippen molar-refractivity contribution in [1.29, 1.82) is 0 Å². The largest absolute Gasteiger partial charge is 0.378 e. The van der Waals surface area contributed by atoms with Crippen LogP contribution in [0.5, 0.6) is 0 Å². The first-order valence-corrected chi connectivity index (χ1v) is 11.5. The number of carbonyl (C=O) groups excluding carboxylic acids is 2. The lowest BCUT2D eigenvalue weighted by Gasteiger charge is -2.31. The van der Waals surface area contributed by atoms with Gasteiger partial charge in [0.25, 0.3) is 5.91 Å². The maximum absolute atomic E-state index is 14.1. The predicted octanol–water partition coefficient (Wildman–Crippen LogP) is 3.88. The monoisotopic (exact) mass is 452 g/mol. The third-order valence-electron chi connectivity index (χ3n) is 5.48. The van der Waals surface area contributed by atoms with Crippen molar-refractivity contribution in [3.63, 3.8) is 0 Å². The van der Waals surface area contributed by atoms with E-state index in [9.17, 15) is 14.0 Å². The Balaban J connectivity index is 1.56. The van der Waals surface area contributed by atoms with Gasteiger partial charge in [-0.15, -0.1) is 11.3 Å². The number of nitrogens with zero attached hydrogens (tertiary/aromatic N) is 1. The lowest BCUT2D eigenvalue weighted by atomic mass is 9.96. The highest BCUT2D eigenvalue weighted by Gasteiger charge is 2.25. The summed E-state index contributed by atoms with van der Waals surface area (Å²) in [5.74, 6) is -0.812. The van der Waals surface area contributed by atoms with Crippen LogP contribution in [0.2, 0.25) is 0 Å². The van der Waals surface area contributed by atoms with E-state index in [1.54, 1.807) is 18.2 Å². The molecule has 1 N–H and O–H groups in total. The Hall–Kier alpha value is -3.03. The van der Waals surface area contributed by atoms with Crippen LogP contribution in [0.15, 0.2) is 66.0 Å². The van der Waals surface area contributed by atoms with E-state index in [1.165, 1.54) is 23.5 Å². The number of rotatable bonds is 8. The summed E-state index contributed by atoms with van der Waals surface area (Å²) < 4.78 is 19.5. The molecule has 0 spiro atoms. The van der Waals surface area contributed by atoms with Crippen LogP contribution in [0.25, 0.3) is 0 Å². The molecule has 5 nitrogen and oxygen atoms in total. The molecule has 0 aliphatic carbocycles. The van der Waals surface area contributed by atoms with E-state index in [1.807, 2.05) is 35.7 Å². The molecule has 1 amide bonds. The number of benzene rings is 2. The molecule has 3 aromatic rings. The second-order valence-corrected chi connectivity index (χ2v) is 8.66. The Morgan fingerprint density at radius 3 is 2.56 bits per heavy atom. The molecule has 166 valence electrons. The van der Waals surface area contributed by atoms with Crippen molar-refractivity contribution in [2.45, 2.75) is 18.9 Å². The van der Waals surface area contributed by atoms with Gasteiger partial charge < -0.3 is 15.0 Å². The number of anilines is 1. The summed E-state index contributed by atoms with van der Waals surface area (Å²) in [5.41, 5.74) is 2.41. The molecule has 1 fully saturated rings. The Morgan fingerprint density at radius 1 is 1.06 bits per heavy atom. The molecule has 0 radical (unpaired) electrons. The molecule has 1 aliphatic rings. The van der Waals surface area contributed by atoms with Crippen molar-refractivity contribution in [3.8, 4) is 0 Å². The number of thiophene rings is 1. The number of amides is 1. The van der Waals surface area contributed by atoms with Gasteiger partial charge in [0.05, 0.1) is 24.1 Å². The van der Waals surface area contributed by atoms with Crippen molar-refractivity contribution in [3.05, 3.63) is 87.9 Å². The standard InChI is InChI=1S/C25H25FN2O3S/c26-20-8-9-22(28-10-12-31-13-11-28)19(16-20)17-23(29)21(15-18-5-2-1-3-6-18)27-25(30)24-7-4-14-32-24/h1-9,14,16,21H,10-13,15,17H2,(H,27,30). The molecular formula is C25H25FN2O3S. The maximum atomic E-state index is 14.1. The molecule has 4 rings (SSSR count). The molecule has 2 heterocycles. The Labute approximate surface area is 190 Å². The third-order valence-corrected chi connectivity index (χ3v) is 6.35. The summed E-state index contributed by atoms with van der Waals surface area (Å²) in [4.78, 5) is 28.8. The zero-order valence-corrected chi connectivity index (χ0v) is 18.4. The number of carbonyl (C=O) groups is 2. The highest BCUT2D eigenvalue weighted by atomic mass is 32.1. The van der Waals surface area contributed by atoms with E-state index in [4.69, 9.17) is 4.74 Å². The molecule has 1 aliphatic heterocycles. The van der Waals surface area contributed by atoms with Gasteiger partial charge in [0.15, 0.2) is 5.78 Å². The van der Waals surface area contributed by atoms with Gasteiger partial charge >= 0.3 is 0 Å². The fourth-order valence-corrected chi connectivity index (χ4v) is 4.48. The average Bonchev–Trinajstić information content (AvgIpc) is 3.35. The van der Waals surface area contributed by atoms with E-state index in [2.05, 4.69) is 10.2 Å². The van der Waals surface area contributed by atoms with Gasteiger partial charge in [-0.25, -0.2) is 4.39 Å². The number of halogens is 1. The Bertz CT molecular complexity index is 1050. The highest BCUT2D eigenvalue weighted by Crippen LogP contribution is 2.24. The van der Waals surface area contributed by atoms with E-state index in [0.717, 1.165) is 11.3 Å². The van der Waals surface area contributed by atoms with Crippen molar-refractivity contribution in [1.82, 2.24) is 5.32 Å². The van der Waals surface area contributed by atoms with Gasteiger partial charge in [-0.1, -0.05) is 36.4 Å². The lowest BCUT2D eigenvalue weighted by molar-refractivity contribution is -0.120. The van der Waals surface area contributed by atoms with Crippen LogP contribution < -0.4 is 10.2 Å². The zero-order valence-electron chi connectivity index (χ0n) is 17.6. The summed E-state index contributed by atoms with van der Waals surface area (Å²) in [6.45, 7) is 2.57. The fourth-order valence-electron chi connectivity index (χ4n) is 3.85. The minimum atomic E-state index is -0.715. The predicted molar refractivity (Wildman–Crippen MR) is 124 cm³/mol. The van der Waals surface area contributed by atoms with Crippen molar-refractivity contribution in [2.24, 2.45) is 0 Å². The van der Waals surface area contributed by atoms with Crippen LogP contribution in [-0.4, -0.2) is 44.0 Å². The Morgan fingerprint density at radius 2 is 1.84 bits per heavy atom. The minimum Gasteiger partial charge on any atom is -0.378 e. The van der Waals surface area contributed by atoms with Crippen LogP contribution in [-0.2, 0) is 22.4 Å². The van der Waals surface area contributed by atoms with Crippen LogP contribution >= 0.6 is 11.3 Å². The summed E-state index contributed by atoms with van der Waals surface area (Å²) in [6.07, 6.45) is 0.408. The highest BCUT2D eigenvalue weighted by molar-refractivity contribution is 7.12. The zero-order chi connectivity index (χ0) is 22.3. The second kappa shape index (κ2) is 10.5. The summed E-state index contributed by atoms with van der Waals surface area (Å²) in [7, 11) is 0. The molecule has 7 heteroatoms. The molecular weight excluding hydrogens is 427 g/mol. The van der Waals surface area contributed by atoms with E-state index in [-0.39, 0.29) is 23.9 Å². The molecule has 32 heavy (non-hydrogen) atoms. The quantitative estimate of drug-likeness (QED) is 0.564. The molecule has 1 atom stereocenters.